The quantitative estimate of drug-likeness (QED) is 0.0559. The molecular formula is C97H108ClF6N29O5. The molecule has 11 aromatic heterocycles. The Labute approximate surface area is 798 Å². The number of alkyl halides is 6. The predicted molar refractivity (Wildman–Crippen MR) is 504 cm³/mol. The van der Waals surface area contributed by atoms with Crippen molar-refractivity contribution in [3.8, 4) is 0 Å². The fraction of sp³-hybridized carbons (Fsp3) is 0.536. The van der Waals surface area contributed by atoms with Crippen LogP contribution in [0, 0.1) is 65.5 Å². The van der Waals surface area contributed by atoms with Crippen LogP contribution in [0.4, 0.5) is 102 Å². The molecule has 0 radical (unpaired) electrons. The number of nitrogens with zero attached hydrogens (tertiary/aromatic N) is 25. The standard InChI is InChI=1S/C26H30F3N5O2.C24H25F3N8O.C24H28N8O.C23H25ClN8O/c1-14-33(2)20-12-30-23(31-19-6-17-3-4-36-21(17)7-18(19)26(27,28)29)32-22(20)34(14)24-8-15-5-16(9-24)11-25(35,10-15)13-24;1-13-33(2)18-9-28-21(31-17-10-34-19(29-12-30-34)4-16(17)24(25,26)27)32-20(18)35(13)22-5-14-3-15(6-22)8-23(36,7-14)11-22;1-14-4-20-26-13-27-31(20)11-18(14)28-22-25-10-19-21(29-22)32(15(2)30(19)3)23-6-16-5-17(7-23)9-24(33,8-16)12-23;1-22-5-13-3-14(6-22)8-23(7-13,11-22)32-19-17(30(2)21(32)33)9-25-20(29-19)28-16-10-31-18(4-15(16)24)26-12-27-31/h6-7,12,15-17,21,35H,1,3-5,8-11,13H2,2H3,(H,30,31,32);4,9-10,12,14-15,36H,1,3,5-8,11H2,2H3,(H,28,31,32);4,10-11,13,16-17,33H,2,5-9,12H2,1,3H3,(H,25,28,29);4,9-10,12-14H,3,5-8,11H2,1-2H3,(H,25,28,29)/i;;1D3;. The van der Waals surface area contributed by atoms with E-state index in [-0.39, 0.29) is 74.2 Å². The summed E-state index contributed by atoms with van der Waals surface area (Å²) >= 11 is 6.46. The van der Waals surface area contributed by atoms with Crippen LogP contribution in [0.1, 0.15) is 183 Å². The first-order valence-electron chi connectivity index (χ1n) is 49.3. The average molecular weight is 1910 g/mol. The molecule has 720 valence electrons. The van der Waals surface area contributed by atoms with E-state index in [2.05, 4.69) is 113 Å². The summed E-state index contributed by atoms with van der Waals surface area (Å²) in [5.41, 5.74) is 1.54. The summed E-state index contributed by atoms with van der Waals surface area (Å²) in [6.07, 6.45) is 32.6. The van der Waals surface area contributed by atoms with Gasteiger partial charge in [-0.05, 0) is 244 Å². The van der Waals surface area contributed by atoms with Gasteiger partial charge in [-0.3, -0.25) is 9.13 Å². The number of ether oxygens (including phenoxy) is 1. The van der Waals surface area contributed by atoms with Gasteiger partial charge in [0.1, 0.15) is 59.0 Å². The van der Waals surface area contributed by atoms with Gasteiger partial charge in [0, 0.05) is 56.6 Å². The van der Waals surface area contributed by atoms with Crippen LogP contribution in [0.5, 0.6) is 0 Å². The van der Waals surface area contributed by atoms with Crippen LogP contribution >= 0.6 is 11.6 Å². The summed E-state index contributed by atoms with van der Waals surface area (Å²) in [4.78, 5) is 74.9. The lowest BCUT2D eigenvalue weighted by atomic mass is 9.47. The molecule has 0 aromatic carbocycles. The number of aliphatic hydroxyl groups is 3. The third kappa shape index (κ3) is 14.1. The molecule has 10 unspecified atom stereocenters. The number of rotatable bonds is 12. The van der Waals surface area contributed by atoms with Crippen molar-refractivity contribution >= 4 is 115 Å². The van der Waals surface area contributed by atoms with Crippen LogP contribution in [0.25, 0.3) is 28.1 Å². The summed E-state index contributed by atoms with van der Waals surface area (Å²) in [5.74, 6) is 9.28. The van der Waals surface area contributed by atoms with E-state index in [4.69, 9.17) is 40.4 Å². The minimum Gasteiger partial charge on any atom is -0.390 e. The number of pyridine rings is 3. The van der Waals surface area contributed by atoms with Crippen molar-refractivity contribution in [3.63, 3.8) is 0 Å². The molecule has 32 rings (SSSR count). The third-order valence-electron chi connectivity index (χ3n) is 33.9. The van der Waals surface area contributed by atoms with Crippen molar-refractivity contribution in [2.75, 3.05) is 78.4 Å². The highest BCUT2D eigenvalue weighted by atomic mass is 35.5. The maximum Gasteiger partial charge on any atom is 0.418 e. The van der Waals surface area contributed by atoms with Gasteiger partial charge >= 0.3 is 18.0 Å². The number of imidazole rings is 1. The second-order valence-electron chi connectivity index (χ2n) is 43.8. The Hall–Kier alpha value is -12.1. The lowest BCUT2D eigenvalue weighted by molar-refractivity contribution is -0.137. The Balaban J connectivity index is 0.0000000991. The summed E-state index contributed by atoms with van der Waals surface area (Å²) in [6, 6.07) is 4.19. The summed E-state index contributed by atoms with van der Waals surface area (Å²) in [6.45, 7) is 13.5. The zero-order chi connectivity index (χ0) is 97.6. The van der Waals surface area contributed by atoms with Crippen LogP contribution in [-0.4, -0.2) is 182 Å². The monoisotopic (exact) mass is 1910 g/mol. The minimum atomic E-state index is -4.61. The van der Waals surface area contributed by atoms with Gasteiger partial charge in [0.2, 0.25) is 23.8 Å². The molecule has 7 N–H and O–H groups in total. The number of fused-ring (bicyclic) bond motifs is 8. The predicted octanol–water partition coefficient (Wildman–Crippen LogP) is 15.9. The van der Waals surface area contributed by atoms with E-state index in [1.165, 1.54) is 72.0 Å². The van der Waals surface area contributed by atoms with E-state index in [1.807, 2.05) is 47.5 Å². The van der Waals surface area contributed by atoms with Crippen LogP contribution < -0.4 is 56.4 Å². The third-order valence-corrected chi connectivity index (χ3v) is 34.2. The molecule has 1 saturated heterocycles. The number of aromatic nitrogens is 19. The molecule has 16 saturated carbocycles. The van der Waals surface area contributed by atoms with Crippen molar-refractivity contribution in [3.05, 3.63) is 168 Å². The van der Waals surface area contributed by atoms with Crippen LogP contribution in [0.2, 0.25) is 5.02 Å². The molecule has 10 atom stereocenters. The Kier molecular flexibility index (Phi) is 18.4. The van der Waals surface area contributed by atoms with E-state index in [0.29, 0.717) is 136 Å². The van der Waals surface area contributed by atoms with Crippen molar-refractivity contribution in [2.24, 2.45) is 65.7 Å². The van der Waals surface area contributed by atoms with Crippen molar-refractivity contribution < 1.29 is 50.5 Å². The van der Waals surface area contributed by atoms with Gasteiger partial charge in [0.05, 0.1) is 122 Å². The van der Waals surface area contributed by atoms with Crippen LogP contribution in [-0.2, 0) is 23.5 Å². The number of hydrogen-bond donors (Lipinski definition) is 7. The molecule has 41 heteroatoms. The van der Waals surface area contributed by atoms with Gasteiger partial charge in [-0.15, -0.1) is 0 Å². The zero-order valence-electron chi connectivity index (χ0n) is 79.9. The second-order valence-corrected chi connectivity index (χ2v) is 44.2. The van der Waals surface area contributed by atoms with Gasteiger partial charge in [-0.2, -0.15) is 61.6 Å². The Bertz CT molecular complexity index is 6970. The Morgan fingerprint density at radius 2 is 0.891 bits per heavy atom. The van der Waals surface area contributed by atoms with Gasteiger partial charge in [0.15, 0.2) is 40.0 Å². The number of halogens is 7. The fourth-order valence-electron chi connectivity index (χ4n) is 30.5. The molecule has 16 bridgehead atoms. The van der Waals surface area contributed by atoms with E-state index in [9.17, 15) is 46.5 Å². The molecule has 17 fully saturated rings. The van der Waals surface area contributed by atoms with Crippen molar-refractivity contribution in [1.29, 1.82) is 0 Å². The van der Waals surface area contributed by atoms with Crippen molar-refractivity contribution in [1.82, 2.24) is 92.8 Å². The number of hydrogen-bond acceptors (Lipinski definition) is 29. The normalized spacial score (nSPS) is 33.6. The SMILES string of the molecule is C=C1N(C)c2cnc(NC3=CC4CCOC4C=C3C(F)(F)F)nc2N1C12CC3CC(CC(O)(C3)C1)C2.C=C1N(C)c2cnc(Nc3cn4ncnc4cc3C(F)(F)F)nc2N1C12CC3CC(CC(O)(C3)C1)C2.Cn1c(=O)n(C23CC4CC(CC(C)(C4)C2)C3)c2nc(Nc3cn4ncnc4cc3Cl)ncc21.[2H]C([2H])([2H])c1cc2ncnn2cc1Nc1ncc2c(n1)N(C13CC4CC(CC(O)(C4)C1)C3)C(=C)N2C. The first kappa shape index (κ1) is 84.0. The van der Waals surface area contributed by atoms with Gasteiger partial charge in [-0.25, -0.2) is 53.2 Å². The molecule has 15 heterocycles. The fourth-order valence-corrected chi connectivity index (χ4v) is 30.7. The lowest BCUT2D eigenvalue weighted by Gasteiger charge is -2.62. The van der Waals surface area contributed by atoms with E-state index in [1.54, 1.807) is 58.4 Å². The second kappa shape index (κ2) is 30.2. The molecular weight excluding hydrogens is 1800 g/mol. The number of allylic oxidation sites excluding steroid dienone is 1. The topological polar surface area (TPSA) is 358 Å². The average Bonchev–Trinajstić information content (AvgIpc) is 1.66. The molecule has 17 aliphatic carbocycles. The lowest BCUT2D eigenvalue weighted by Crippen LogP contribution is -2.65. The highest BCUT2D eigenvalue weighted by molar-refractivity contribution is 6.33. The largest absolute Gasteiger partial charge is 0.418 e. The number of nitrogens with one attached hydrogen (secondary N) is 4. The highest BCUT2D eigenvalue weighted by Gasteiger charge is 2.66. The van der Waals surface area contributed by atoms with E-state index < -0.39 is 53.2 Å². The molecule has 34 nitrogen and oxygen atoms in total. The highest BCUT2D eigenvalue weighted by Crippen LogP contribution is 2.68. The number of anilines is 13. The van der Waals surface area contributed by atoms with Gasteiger partial charge in [-0.1, -0.05) is 44.3 Å². The van der Waals surface area contributed by atoms with Crippen molar-refractivity contribution in [2.45, 2.75) is 232 Å². The first-order valence-corrected chi connectivity index (χ1v) is 48.2. The maximum absolute atomic E-state index is 13.9. The van der Waals surface area contributed by atoms with Crippen LogP contribution in [0.3, 0.4) is 0 Å². The summed E-state index contributed by atoms with van der Waals surface area (Å²) in [5, 5.41) is 58.8. The van der Waals surface area contributed by atoms with Crippen LogP contribution in [0.15, 0.2) is 146 Å². The molecule has 11 aromatic rings. The maximum atomic E-state index is 13.9. The Morgan fingerprint density at radius 1 is 0.486 bits per heavy atom. The first-order chi connectivity index (χ1) is 66.9. The Morgan fingerprint density at radius 3 is 1.34 bits per heavy atom. The number of aryl methyl sites for hydroxylation is 2. The molecule has 21 aliphatic rings. The zero-order valence-corrected chi connectivity index (χ0v) is 77.7. The van der Waals surface area contributed by atoms with Gasteiger partial charge < -0.3 is 70.7 Å². The van der Waals surface area contributed by atoms with E-state index in [0.717, 1.165) is 161 Å². The molecule has 0 spiro atoms. The minimum absolute atomic E-state index is 0.00377. The molecule has 0 amide bonds. The summed E-state index contributed by atoms with van der Waals surface area (Å²) in [7, 11) is 7.56. The summed E-state index contributed by atoms with van der Waals surface area (Å²) < 4.78 is 121. The molecule has 138 heavy (non-hydrogen) atoms. The smallest absolute Gasteiger partial charge is 0.390 e. The van der Waals surface area contributed by atoms with E-state index >= 15 is 0 Å². The molecule has 4 aliphatic heterocycles. The van der Waals surface area contributed by atoms with Gasteiger partial charge in [0.25, 0.3) is 0 Å².